The third kappa shape index (κ3) is 1.24. The number of aliphatic carboxylic acids is 1. The molecule has 1 aliphatic rings. The summed E-state index contributed by atoms with van der Waals surface area (Å²) in [5, 5.41) is 8.60. The van der Waals surface area contributed by atoms with Crippen molar-refractivity contribution in [1.29, 1.82) is 0 Å². The lowest BCUT2D eigenvalue weighted by atomic mass is 10.1. The van der Waals surface area contributed by atoms with Crippen LogP contribution in [0, 0.1) is 0 Å². The molecule has 0 amide bonds. The van der Waals surface area contributed by atoms with Crippen LogP contribution in [0.15, 0.2) is 18.3 Å². The summed E-state index contributed by atoms with van der Waals surface area (Å²) in [7, 11) is 0. The first kappa shape index (κ1) is 8.04. The highest BCUT2D eigenvalue weighted by atomic mass is 16.4. The molecule has 1 aromatic rings. The Kier molecular flexibility index (Phi) is 1.69. The van der Waals surface area contributed by atoms with Crippen LogP contribution in [0.1, 0.15) is 29.4 Å². The normalized spacial score (nSPS) is 20.3. The number of Topliss-reactive ketones (excluding diaryl/α,β-unsaturated/α-hetero) is 1. The smallest absolute Gasteiger partial charge is 0.305 e. The molecular weight excluding hydrogens is 170 g/mol. The Balaban J connectivity index is 2.28. The molecule has 1 unspecified atom stereocenters. The van der Waals surface area contributed by atoms with Gasteiger partial charge in [0.05, 0.1) is 18.2 Å². The Morgan fingerprint density at radius 2 is 2.46 bits per heavy atom. The van der Waals surface area contributed by atoms with E-state index in [1.54, 1.807) is 22.9 Å². The lowest BCUT2D eigenvalue weighted by Gasteiger charge is -2.08. The number of ketones is 1. The SMILES string of the molecule is O=C(O)CC1CC(=O)c2cccn21. The highest BCUT2D eigenvalue weighted by Crippen LogP contribution is 2.28. The maximum atomic E-state index is 11.3. The summed E-state index contributed by atoms with van der Waals surface area (Å²) in [6.45, 7) is 0. The van der Waals surface area contributed by atoms with Gasteiger partial charge in [0, 0.05) is 12.6 Å². The molecule has 1 atom stereocenters. The van der Waals surface area contributed by atoms with E-state index in [4.69, 9.17) is 5.11 Å². The number of carbonyl (C=O) groups is 2. The van der Waals surface area contributed by atoms with E-state index in [2.05, 4.69) is 0 Å². The lowest BCUT2D eigenvalue weighted by molar-refractivity contribution is -0.137. The number of aromatic nitrogens is 1. The molecular formula is C9H9NO3. The fraction of sp³-hybridized carbons (Fsp3) is 0.333. The van der Waals surface area contributed by atoms with E-state index in [1.807, 2.05) is 0 Å². The van der Waals surface area contributed by atoms with Crippen LogP contribution in [0.5, 0.6) is 0 Å². The molecule has 1 aliphatic heterocycles. The minimum Gasteiger partial charge on any atom is -0.481 e. The van der Waals surface area contributed by atoms with E-state index < -0.39 is 5.97 Å². The maximum Gasteiger partial charge on any atom is 0.305 e. The van der Waals surface area contributed by atoms with E-state index in [0.717, 1.165) is 0 Å². The summed E-state index contributed by atoms with van der Waals surface area (Å²) in [4.78, 5) is 21.8. The van der Waals surface area contributed by atoms with Crippen LogP contribution in [0.3, 0.4) is 0 Å². The lowest BCUT2D eigenvalue weighted by Crippen LogP contribution is -2.08. The van der Waals surface area contributed by atoms with Crippen LogP contribution in [0.25, 0.3) is 0 Å². The number of fused-ring (bicyclic) bond motifs is 1. The van der Waals surface area contributed by atoms with E-state index in [0.29, 0.717) is 12.1 Å². The van der Waals surface area contributed by atoms with Gasteiger partial charge in [-0.1, -0.05) is 0 Å². The molecule has 0 saturated heterocycles. The quantitative estimate of drug-likeness (QED) is 0.739. The van der Waals surface area contributed by atoms with E-state index in [-0.39, 0.29) is 18.2 Å². The Morgan fingerprint density at radius 1 is 1.69 bits per heavy atom. The second kappa shape index (κ2) is 2.73. The van der Waals surface area contributed by atoms with Crippen molar-refractivity contribution in [3.8, 4) is 0 Å². The van der Waals surface area contributed by atoms with Gasteiger partial charge in [0.2, 0.25) is 0 Å². The Labute approximate surface area is 74.8 Å². The predicted octanol–water partition coefficient (Wildman–Crippen LogP) is 1.09. The molecule has 1 aromatic heterocycles. The fourth-order valence-electron chi connectivity index (χ4n) is 1.74. The fourth-order valence-corrected chi connectivity index (χ4v) is 1.74. The van der Waals surface area contributed by atoms with Crippen molar-refractivity contribution >= 4 is 11.8 Å². The van der Waals surface area contributed by atoms with E-state index >= 15 is 0 Å². The van der Waals surface area contributed by atoms with E-state index in [9.17, 15) is 9.59 Å². The zero-order valence-corrected chi connectivity index (χ0v) is 6.93. The molecule has 0 bridgehead atoms. The first-order valence-electron chi connectivity index (χ1n) is 4.10. The molecule has 68 valence electrons. The summed E-state index contributed by atoms with van der Waals surface area (Å²) in [5.41, 5.74) is 0.631. The Morgan fingerprint density at radius 3 is 3.15 bits per heavy atom. The standard InChI is InChI=1S/C9H9NO3/c11-8-4-6(5-9(12)13)10-3-1-2-7(8)10/h1-3,6H,4-5H2,(H,12,13). The maximum absolute atomic E-state index is 11.3. The molecule has 0 aromatic carbocycles. The predicted molar refractivity (Wildman–Crippen MR) is 44.7 cm³/mol. The summed E-state index contributed by atoms with van der Waals surface area (Å²) >= 11 is 0. The number of carboxylic acids is 1. The number of rotatable bonds is 2. The van der Waals surface area contributed by atoms with Gasteiger partial charge < -0.3 is 9.67 Å². The number of nitrogens with zero attached hydrogens (tertiary/aromatic N) is 1. The van der Waals surface area contributed by atoms with Gasteiger partial charge in [-0.2, -0.15) is 0 Å². The minimum absolute atomic E-state index is 0.0212. The molecule has 0 fully saturated rings. The van der Waals surface area contributed by atoms with Crippen molar-refractivity contribution in [1.82, 2.24) is 4.57 Å². The third-order valence-corrected chi connectivity index (χ3v) is 2.29. The summed E-state index contributed by atoms with van der Waals surface area (Å²) < 4.78 is 1.75. The number of hydrogen-bond donors (Lipinski definition) is 1. The van der Waals surface area contributed by atoms with Gasteiger partial charge in [-0.05, 0) is 12.1 Å². The second-order valence-corrected chi connectivity index (χ2v) is 3.18. The van der Waals surface area contributed by atoms with Gasteiger partial charge in [0.15, 0.2) is 5.78 Å². The molecule has 0 radical (unpaired) electrons. The molecule has 4 heteroatoms. The Bertz CT molecular complexity index is 367. The first-order chi connectivity index (χ1) is 6.18. The van der Waals surface area contributed by atoms with Gasteiger partial charge in [0.1, 0.15) is 0 Å². The van der Waals surface area contributed by atoms with Crippen molar-refractivity contribution < 1.29 is 14.7 Å². The average Bonchev–Trinajstić information content (AvgIpc) is 2.56. The third-order valence-electron chi connectivity index (χ3n) is 2.29. The van der Waals surface area contributed by atoms with Crippen LogP contribution in [-0.2, 0) is 4.79 Å². The second-order valence-electron chi connectivity index (χ2n) is 3.18. The highest BCUT2D eigenvalue weighted by Gasteiger charge is 2.29. The molecule has 0 spiro atoms. The molecule has 4 nitrogen and oxygen atoms in total. The first-order valence-corrected chi connectivity index (χ1v) is 4.10. The van der Waals surface area contributed by atoms with Gasteiger partial charge in [0.25, 0.3) is 0 Å². The van der Waals surface area contributed by atoms with Gasteiger partial charge in [-0.25, -0.2) is 0 Å². The van der Waals surface area contributed by atoms with Crippen molar-refractivity contribution in [3.63, 3.8) is 0 Å². The largest absolute Gasteiger partial charge is 0.481 e. The number of hydrogen-bond acceptors (Lipinski definition) is 2. The van der Waals surface area contributed by atoms with Crippen LogP contribution < -0.4 is 0 Å². The molecule has 0 aliphatic carbocycles. The highest BCUT2D eigenvalue weighted by molar-refractivity contribution is 5.97. The van der Waals surface area contributed by atoms with Crippen molar-refractivity contribution in [2.24, 2.45) is 0 Å². The van der Waals surface area contributed by atoms with Crippen molar-refractivity contribution in [2.75, 3.05) is 0 Å². The summed E-state index contributed by atoms with van der Waals surface area (Å²) in [6, 6.07) is 3.31. The number of carboxylic acid groups (broad SMARTS) is 1. The number of carbonyl (C=O) groups excluding carboxylic acids is 1. The van der Waals surface area contributed by atoms with Gasteiger partial charge >= 0.3 is 5.97 Å². The average molecular weight is 179 g/mol. The van der Waals surface area contributed by atoms with E-state index in [1.165, 1.54) is 0 Å². The summed E-state index contributed by atoms with van der Waals surface area (Å²) in [5.74, 6) is -0.824. The molecule has 2 heterocycles. The monoisotopic (exact) mass is 179 g/mol. The zero-order chi connectivity index (χ0) is 9.42. The van der Waals surface area contributed by atoms with Crippen LogP contribution in [0.2, 0.25) is 0 Å². The minimum atomic E-state index is -0.862. The van der Waals surface area contributed by atoms with Crippen LogP contribution in [0.4, 0.5) is 0 Å². The van der Waals surface area contributed by atoms with Gasteiger partial charge in [-0.15, -0.1) is 0 Å². The summed E-state index contributed by atoms with van der Waals surface area (Å²) in [6.07, 6.45) is 2.10. The molecule has 0 saturated carbocycles. The van der Waals surface area contributed by atoms with Crippen LogP contribution >= 0.6 is 0 Å². The van der Waals surface area contributed by atoms with Crippen molar-refractivity contribution in [3.05, 3.63) is 24.0 Å². The Hall–Kier alpha value is -1.58. The molecule has 1 N–H and O–H groups in total. The van der Waals surface area contributed by atoms with Crippen LogP contribution in [-0.4, -0.2) is 21.4 Å². The van der Waals surface area contributed by atoms with Crippen molar-refractivity contribution in [2.45, 2.75) is 18.9 Å². The molecule has 2 rings (SSSR count). The zero-order valence-electron chi connectivity index (χ0n) is 6.93. The topological polar surface area (TPSA) is 59.3 Å². The van der Waals surface area contributed by atoms with Gasteiger partial charge in [-0.3, -0.25) is 9.59 Å². The molecule has 13 heavy (non-hydrogen) atoms.